The second-order valence-corrected chi connectivity index (χ2v) is 5.17. The Morgan fingerprint density at radius 2 is 2.17 bits per heavy atom. The summed E-state index contributed by atoms with van der Waals surface area (Å²) in [5.74, 6) is 0.318. The highest BCUT2D eigenvalue weighted by atomic mass is 32.1. The van der Waals surface area contributed by atoms with Gasteiger partial charge in [-0.25, -0.2) is 9.37 Å². The molecular weight excluding hydrogens is 251 g/mol. The van der Waals surface area contributed by atoms with Crippen molar-refractivity contribution in [3.8, 4) is 5.75 Å². The molecule has 0 aliphatic rings. The first kappa shape index (κ1) is 12.8. The molecule has 0 spiro atoms. The van der Waals surface area contributed by atoms with Gasteiger partial charge in [0.15, 0.2) is 5.13 Å². The number of nitrogens with zero attached hydrogens (tertiary/aromatic N) is 1. The molecule has 0 amide bonds. The number of ether oxygens (including phenoxy) is 1. The van der Waals surface area contributed by atoms with Crippen LogP contribution in [0.25, 0.3) is 0 Å². The fourth-order valence-corrected chi connectivity index (χ4v) is 2.86. The zero-order valence-electron chi connectivity index (χ0n) is 10.5. The number of thiazole rings is 1. The van der Waals surface area contributed by atoms with E-state index in [1.807, 2.05) is 13.8 Å². The number of aromatic nitrogens is 1. The fraction of sp³-hybridized carbons (Fsp3) is 0.308. The maximum absolute atomic E-state index is 13.9. The van der Waals surface area contributed by atoms with Crippen molar-refractivity contribution in [1.29, 1.82) is 0 Å². The molecule has 0 bridgehead atoms. The van der Waals surface area contributed by atoms with Gasteiger partial charge in [-0.05, 0) is 30.7 Å². The van der Waals surface area contributed by atoms with Gasteiger partial charge in [0.25, 0.3) is 0 Å². The largest absolute Gasteiger partial charge is 0.497 e. The van der Waals surface area contributed by atoms with E-state index in [4.69, 9.17) is 10.5 Å². The summed E-state index contributed by atoms with van der Waals surface area (Å²) in [5.41, 5.74) is 7.13. The number of methoxy groups -OCH3 is 1. The Labute approximate surface area is 109 Å². The third kappa shape index (κ3) is 2.31. The smallest absolute Gasteiger partial charge is 0.180 e. The van der Waals surface area contributed by atoms with Gasteiger partial charge in [0.05, 0.1) is 12.8 Å². The molecule has 0 radical (unpaired) electrons. The van der Waals surface area contributed by atoms with Gasteiger partial charge in [0.1, 0.15) is 11.6 Å². The van der Waals surface area contributed by atoms with E-state index in [1.54, 1.807) is 19.2 Å². The van der Waals surface area contributed by atoms with Crippen LogP contribution >= 0.6 is 11.3 Å². The standard InChI is InChI=1S/C13H15FN2OS/c1-7(12-8(2)16-13(15)18-12)10-6-9(17-3)4-5-11(10)14/h4-7H,1-3H3,(H2,15,16). The Kier molecular flexibility index (Phi) is 3.52. The number of aryl methyl sites for hydroxylation is 1. The van der Waals surface area contributed by atoms with E-state index in [9.17, 15) is 4.39 Å². The van der Waals surface area contributed by atoms with Crippen molar-refractivity contribution in [3.63, 3.8) is 0 Å². The molecule has 0 aliphatic heterocycles. The van der Waals surface area contributed by atoms with Gasteiger partial charge in [-0.3, -0.25) is 0 Å². The summed E-state index contributed by atoms with van der Waals surface area (Å²) in [4.78, 5) is 5.16. The van der Waals surface area contributed by atoms with Gasteiger partial charge in [-0.2, -0.15) is 0 Å². The molecule has 18 heavy (non-hydrogen) atoms. The Morgan fingerprint density at radius 1 is 1.44 bits per heavy atom. The van der Waals surface area contributed by atoms with Crippen molar-refractivity contribution >= 4 is 16.5 Å². The maximum atomic E-state index is 13.9. The van der Waals surface area contributed by atoms with E-state index < -0.39 is 0 Å². The zero-order valence-corrected chi connectivity index (χ0v) is 11.3. The average molecular weight is 266 g/mol. The van der Waals surface area contributed by atoms with Crippen molar-refractivity contribution in [1.82, 2.24) is 4.98 Å². The van der Waals surface area contributed by atoms with Gasteiger partial charge in [-0.15, -0.1) is 11.3 Å². The molecule has 3 nitrogen and oxygen atoms in total. The highest BCUT2D eigenvalue weighted by molar-refractivity contribution is 7.15. The Balaban J connectivity index is 2.45. The minimum absolute atomic E-state index is 0.0881. The van der Waals surface area contributed by atoms with Gasteiger partial charge in [-0.1, -0.05) is 6.92 Å². The minimum atomic E-state index is -0.241. The van der Waals surface area contributed by atoms with Crippen LogP contribution in [0.1, 0.15) is 29.0 Å². The third-order valence-corrected chi connectivity index (χ3v) is 4.08. The Hall–Kier alpha value is -1.62. The number of rotatable bonds is 3. The second kappa shape index (κ2) is 4.94. The van der Waals surface area contributed by atoms with Crippen LogP contribution in [-0.2, 0) is 0 Å². The summed E-state index contributed by atoms with van der Waals surface area (Å²) in [6.45, 7) is 3.83. The molecule has 1 heterocycles. The van der Waals surface area contributed by atoms with Crippen LogP contribution in [0.15, 0.2) is 18.2 Å². The highest BCUT2D eigenvalue weighted by Crippen LogP contribution is 2.35. The first-order valence-electron chi connectivity index (χ1n) is 5.59. The van der Waals surface area contributed by atoms with Crippen LogP contribution in [0.4, 0.5) is 9.52 Å². The quantitative estimate of drug-likeness (QED) is 0.927. The molecule has 0 fully saturated rings. The lowest BCUT2D eigenvalue weighted by Crippen LogP contribution is -2.00. The number of halogens is 1. The molecule has 2 N–H and O–H groups in total. The highest BCUT2D eigenvalue weighted by Gasteiger charge is 2.19. The number of benzene rings is 1. The van der Waals surface area contributed by atoms with E-state index in [0.717, 1.165) is 10.6 Å². The second-order valence-electron chi connectivity index (χ2n) is 4.11. The third-order valence-electron chi connectivity index (χ3n) is 2.91. The molecule has 1 atom stereocenters. The topological polar surface area (TPSA) is 48.1 Å². The molecule has 0 saturated carbocycles. The van der Waals surface area contributed by atoms with Gasteiger partial charge >= 0.3 is 0 Å². The van der Waals surface area contributed by atoms with E-state index in [2.05, 4.69) is 4.98 Å². The lowest BCUT2D eigenvalue weighted by atomic mass is 9.98. The number of hydrogen-bond donors (Lipinski definition) is 1. The summed E-state index contributed by atoms with van der Waals surface area (Å²) >= 11 is 1.40. The van der Waals surface area contributed by atoms with E-state index in [0.29, 0.717) is 16.4 Å². The van der Waals surface area contributed by atoms with Crippen molar-refractivity contribution < 1.29 is 9.13 Å². The molecule has 1 aromatic heterocycles. The molecule has 1 unspecified atom stereocenters. The van der Waals surface area contributed by atoms with Crippen LogP contribution in [0, 0.1) is 12.7 Å². The predicted molar refractivity (Wildman–Crippen MR) is 71.7 cm³/mol. The fourth-order valence-electron chi connectivity index (χ4n) is 1.95. The molecule has 5 heteroatoms. The summed E-state index contributed by atoms with van der Waals surface area (Å²) in [6.07, 6.45) is 0. The molecule has 0 aliphatic carbocycles. The molecule has 2 rings (SSSR count). The van der Waals surface area contributed by atoms with Gasteiger partial charge in [0.2, 0.25) is 0 Å². The van der Waals surface area contributed by atoms with Crippen LogP contribution in [0.2, 0.25) is 0 Å². The Bertz CT molecular complexity index is 568. The minimum Gasteiger partial charge on any atom is -0.497 e. The molecule has 2 aromatic rings. The summed E-state index contributed by atoms with van der Waals surface area (Å²) in [7, 11) is 1.57. The van der Waals surface area contributed by atoms with E-state index in [-0.39, 0.29) is 11.7 Å². The lowest BCUT2D eigenvalue weighted by Gasteiger charge is -2.13. The lowest BCUT2D eigenvalue weighted by molar-refractivity contribution is 0.412. The first-order valence-corrected chi connectivity index (χ1v) is 6.40. The number of hydrogen-bond acceptors (Lipinski definition) is 4. The van der Waals surface area contributed by atoms with E-state index >= 15 is 0 Å². The molecule has 1 aromatic carbocycles. The molecule has 0 saturated heterocycles. The van der Waals surface area contributed by atoms with Crippen molar-refractivity contribution in [2.24, 2.45) is 0 Å². The van der Waals surface area contributed by atoms with Gasteiger partial charge in [0, 0.05) is 10.8 Å². The van der Waals surface area contributed by atoms with Gasteiger partial charge < -0.3 is 10.5 Å². The van der Waals surface area contributed by atoms with E-state index in [1.165, 1.54) is 17.4 Å². The van der Waals surface area contributed by atoms with Crippen molar-refractivity contribution in [2.75, 3.05) is 12.8 Å². The number of nitrogens with two attached hydrogens (primary N) is 1. The maximum Gasteiger partial charge on any atom is 0.180 e. The van der Waals surface area contributed by atoms with Crippen molar-refractivity contribution in [3.05, 3.63) is 40.2 Å². The monoisotopic (exact) mass is 266 g/mol. The van der Waals surface area contributed by atoms with Crippen LogP contribution < -0.4 is 10.5 Å². The van der Waals surface area contributed by atoms with Crippen LogP contribution in [-0.4, -0.2) is 12.1 Å². The average Bonchev–Trinajstić information content (AvgIpc) is 2.68. The predicted octanol–water partition coefficient (Wildman–Crippen LogP) is 3.33. The Morgan fingerprint density at radius 3 is 2.72 bits per heavy atom. The number of nitrogen functional groups attached to an aromatic ring is 1. The molecule has 96 valence electrons. The summed E-state index contributed by atoms with van der Waals surface area (Å²) in [6, 6.07) is 4.75. The number of anilines is 1. The first-order chi connectivity index (χ1) is 8.52. The van der Waals surface area contributed by atoms with Crippen LogP contribution in [0.3, 0.4) is 0 Å². The molecular formula is C13H15FN2OS. The van der Waals surface area contributed by atoms with Crippen LogP contribution in [0.5, 0.6) is 5.75 Å². The van der Waals surface area contributed by atoms with Crippen molar-refractivity contribution in [2.45, 2.75) is 19.8 Å². The summed E-state index contributed by atoms with van der Waals surface area (Å²) < 4.78 is 19.0. The zero-order chi connectivity index (χ0) is 13.3. The SMILES string of the molecule is COc1ccc(F)c(C(C)c2sc(N)nc2C)c1. The normalized spacial score (nSPS) is 12.4. The summed E-state index contributed by atoms with van der Waals surface area (Å²) in [5, 5.41) is 0.512.